The second kappa shape index (κ2) is 27.9. The summed E-state index contributed by atoms with van der Waals surface area (Å²) < 4.78 is 0. The Morgan fingerprint density at radius 1 is 0.312 bits per heavy atom. The number of rotatable bonds is 27. The summed E-state index contributed by atoms with van der Waals surface area (Å²) in [5.74, 6) is 0. The van der Waals surface area contributed by atoms with Gasteiger partial charge in [-0.05, 0) is 12.8 Å². The van der Waals surface area contributed by atoms with Crippen molar-refractivity contribution in [2.24, 2.45) is 0 Å². The minimum atomic E-state index is 0.495. The van der Waals surface area contributed by atoms with Gasteiger partial charge in [-0.25, -0.2) is 0 Å². The van der Waals surface area contributed by atoms with Crippen LogP contribution < -0.4 is 0 Å². The molecule has 0 saturated heterocycles. The quantitative estimate of drug-likeness (QED) is 0.0836. The number of hydrogen-bond donors (Lipinski definition) is 2. The summed E-state index contributed by atoms with van der Waals surface area (Å²) in [6, 6.07) is 0. The molecule has 0 aliphatic rings. The minimum Gasteiger partial charge on any atom is -0.175 e. The van der Waals surface area contributed by atoms with E-state index in [1.54, 1.807) is 0 Å². The van der Waals surface area contributed by atoms with Crippen LogP contribution in [0.4, 0.5) is 0 Å². The van der Waals surface area contributed by atoms with Gasteiger partial charge in [0.05, 0.1) is 0 Å². The normalized spacial score (nSPS) is 13.5. The van der Waals surface area contributed by atoms with Crippen molar-refractivity contribution in [2.45, 2.75) is 191 Å². The van der Waals surface area contributed by atoms with Crippen LogP contribution in [0.15, 0.2) is 0 Å². The molecule has 0 aromatic rings. The molecule has 0 aromatic carbocycles. The summed E-state index contributed by atoms with van der Waals surface area (Å²) in [7, 11) is 0. The van der Waals surface area contributed by atoms with Crippen molar-refractivity contribution in [2.75, 3.05) is 0 Å². The highest BCUT2D eigenvalue weighted by Crippen LogP contribution is 2.22. The first kappa shape index (κ1) is 32.7. The van der Waals surface area contributed by atoms with Crippen molar-refractivity contribution in [3.05, 3.63) is 0 Å². The minimum absolute atomic E-state index is 0.495. The van der Waals surface area contributed by atoms with E-state index in [9.17, 15) is 0 Å². The second-order valence-electron chi connectivity index (χ2n) is 10.5. The molecule has 0 amide bonds. The van der Waals surface area contributed by atoms with Crippen LogP contribution in [0.25, 0.3) is 0 Å². The molecule has 194 valence electrons. The van der Waals surface area contributed by atoms with E-state index in [-0.39, 0.29) is 0 Å². The van der Waals surface area contributed by atoms with Crippen molar-refractivity contribution < 1.29 is 0 Å². The average molecular weight is 487 g/mol. The van der Waals surface area contributed by atoms with Crippen LogP contribution in [0, 0.1) is 0 Å². The van der Waals surface area contributed by atoms with E-state index in [0.717, 1.165) is 0 Å². The lowest BCUT2D eigenvalue weighted by molar-refractivity contribution is 0.523. The third kappa shape index (κ3) is 25.3. The first-order valence-corrected chi connectivity index (χ1v) is 16.1. The van der Waals surface area contributed by atoms with Gasteiger partial charge in [0.2, 0.25) is 0 Å². The third-order valence-corrected chi connectivity index (χ3v) is 8.62. The number of unbranched alkanes of at least 4 members (excludes halogenated alkanes) is 22. The Balaban J connectivity index is 3.28. The summed E-state index contributed by atoms with van der Waals surface area (Å²) in [6.07, 6.45) is 36.8. The first-order valence-electron chi connectivity index (χ1n) is 15.1. The molecule has 0 rings (SSSR count). The Labute approximate surface area is 216 Å². The maximum atomic E-state index is 4.87. The van der Waals surface area contributed by atoms with Crippen molar-refractivity contribution in [3.8, 4) is 0 Å². The van der Waals surface area contributed by atoms with E-state index in [1.165, 1.54) is 167 Å². The molecule has 0 fully saturated rings. The maximum Gasteiger partial charge on any atom is 0.0133 e. The third-order valence-electron chi connectivity index (χ3n) is 7.15. The van der Waals surface area contributed by atoms with Crippen LogP contribution >= 0.6 is 25.3 Å². The molecular formula is C30H62S2. The lowest BCUT2D eigenvalue weighted by Crippen LogP contribution is -2.15. The van der Waals surface area contributed by atoms with Gasteiger partial charge in [-0.3, -0.25) is 0 Å². The highest BCUT2D eigenvalue weighted by Gasteiger charge is 2.13. The Hall–Kier alpha value is 0.700. The van der Waals surface area contributed by atoms with Gasteiger partial charge in [0.15, 0.2) is 0 Å². The van der Waals surface area contributed by atoms with Gasteiger partial charge in [-0.1, -0.05) is 168 Å². The molecule has 0 spiro atoms. The maximum absolute atomic E-state index is 4.87. The topological polar surface area (TPSA) is 0 Å². The molecule has 0 aliphatic heterocycles. The fourth-order valence-corrected chi connectivity index (χ4v) is 5.44. The van der Waals surface area contributed by atoms with Gasteiger partial charge in [0.25, 0.3) is 0 Å². The molecule has 32 heavy (non-hydrogen) atoms. The molecule has 0 aliphatic carbocycles. The molecule has 0 saturated carbocycles. The molecule has 0 nitrogen and oxygen atoms in total. The summed E-state index contributed by atoms with van der Waals surface area (Å²) >= 11 is 9.73. The Kier molecular flexibility index (Phi) is 28.6. The van der Waals surface area contributed by atoms with Crippen LogP contribution in [0.5, 0.6) is 0 Å². The van der Waals surface area contributed by atoms with Crippen LogP contribution in [0.1, 0.15) is 181 Å². The molecule has 0 N–H and O–H groups in total. The summed E-state index contributed by atoms with van der Waals surface area (Å²) in [4.78, 5) is 0. The zero-order chi connectivity index (χ0) is 23.5. The van der Waals surface area contributed by atoms with Crippen molar-refractivity contribution in [3.63, 3.8) is 0 Å². The zero-order valence-corrected chi connectivity index (χ0v) is 24.2. The molecule has 0 bridgehead atoms. The fourth-order valence-electron chi connectivity index (χ4n) is 4.77. The molecule has 0 heterocycles. The average Bonchev–Trinajstić information content (AvgIpc) is 2.80. The molecule has 0 aromatic heterocycles. The summed E-state index contributed by atoms with van der Waals surface area (Å²) in [5, 5.41) is 0.989. The van der Waals surface area contributed by atoms with Gasteiger partial charge in [-0.15, -0.1) is 0 Å². The molecular weight excluding hydrogens is 424 g/mol. The second-order valence-corrected chi connectivity index (χ2v) is 11.8. The van der Waals surface area contributed by atoms with E-state index >= 15 is 0 Å². The number of thiol groups is 2. The fraction of sp³-hybridized carbons (Fsp3) is 1.00. The smallest absolute Gasteiger partial charge is 0.0133 e. The van der Waals surface area contributed by atoms with Crippen LogP contribution in [0.2, 0.25) is 0 Å². The van der Waals surface area contributed by atoms with E-state index in [4.69, 9.17) is 25.3 Å². The lowest BCUT2D eigenvalue weighted by Gasteiger charge is -2.18. The molecule has 2 heteroatoms. The lowest BCUT2D eigenvalue weighted by atomic mass is 10.0. The van der Waals surface area contributed by atoms with Crippen LogP contribution in [0.3, 0.4) is 0 Å². The van der Waals surface area contributed by atoms with Gasteiger partial charge in [0, 0.05) is 10.5 Å². The standard InChI is InChI=1S/C30H62S2/c1-3-5-7-9-11-13-15-16-18-20-22-24-26-28-30(32)29(31)27-25-23-21-19-17-14-12-10-8-6-4-2/h29-32H,3-28H2,1-2H3. The molecule has 2 unspecified atom stereocenters. The van der Waals surface area contributed by atoms with Gasteiger partial charge >= 0.3 is 0 Å². The SMILES string of the molecule is CCCCCCCCCCCCCCCC(S)C(S)CCCCCCCCCCCCC. The Morgan fingerprint density at radius 3 is 0.719 bits per heavy atom. The summed E-state index contributed by atoms with van der Waals surface area (Å²) in [5.41, 5.74) is 0. The van der Waals surface area contributed by atoms with Crippen molar-refractivity contribution in [1.82, 2.24) is 0 Å². The molecule has 2 atom stereocenters. The Morgan fingerprint density at radius 2 is 0.500 bits per heavy atom. The predicted octanol–water partition coefficient (Wildman–Crippen LogP) is 11.8. The largest absolute Gasteiger partial charge is 0.175 e. The van der Waals surface area contributed by atoms with Crippen molar-refractivity contribution in [1.29, 1.82) is 0 Å². The summed E-state index contributed by atoms with van der Waals surface area (Å²) in [6.45, 7) is 4.60. The van der Waals surface area contributed by atoms with E-state index < -0.39 is 0 Å². The van der Waals surface area contributed by atoms with Crippen LogP contribution in [-0.4, -0.2) is 10.5 Å². The first-order chi connectivity index (χ1) is 15.7. The highest BCUT2D eigenvalue weighted by molar-refractivity contribution is 7.85. The molecule has 0 radical (unpaired) electrons. The van der Waals surface area contributed by atoms with E-state index in [1.807, 2.05) is 0 Å². The highest BCUT2D eigenvalue weighted by atomic mass is 32.1. The Bertz CT molecular complexity index is 331. The van der Waals surface area contributed by atoms with Gasteiger partial charge in [0.1, 0.15) is 0 Å². The van der Waals surface area contributed by atoms with Gasteiger partial charge in [-0.2, -0.15) is 25.3 Å². The van der Waals surface area contributed by atoms with Crippen molar-refractivity contribution >= 4 is 25.3 Å². The van der Waals surface area contributed by atoms with E-state index in [2.05, 4.69) is 13.8 Å². The predicted molar refractivity (Wildman–Crippen MR) is 157 cm³/mol. The van der Waals surface area contributed by atoms with Crippen LogP contribution in [-0.2, 0) is 0 Å². The number of hydrogen-bond acceptors (Lipinski definition) is 2. The van der Waals surface area contributed by atoms with Gasteiger partial charge < -0.3 is 0 Å². The van der Waals surface area contributed by atoms with E-state index in [0.29, 0.717) is 10.5 Å². The zero-order valence-electron chi connectivity index (χ0n) is 22.4. The monoisotopic (exact) mass is 486 g/mol.